The van der Waals surface area contributed by atoms with E-state index in [0.717, 1.165) is 40.4 Å². The maximum atomic E-state index is 6.14. The van der Waals surface area contributed by atoms with E-state index in [0.29, 0.717) is 5.02 Å². The highest BCUT2D eigenvalue weighted by Gasteiger charge is 2.14. The lowest BCUT2D eigenvalue weighted by molar-refractivity contribution is 0.960. The van der Waals surface area contributed by atoms with Gasteiger partial charge in [0.1, 0.15) is 12.2 Å². The number of halogens is 1. The van der Waals surface area contributed by atoms with Crippen LogP contribution in [0.1, 0.15) is 12.7 Å². The molecule has 114 valence electrons. The fourth-order valence-corrected chi connectivity index (χ4v) is 2.80. The second-order valence-corrected chi connectivity index (χ2v) is 5.69. The van der Waals surface area contributed by atoms with Crippen LogP contribution in [0.25, 0.3) is 28.2 Å². The zero-order valence-corrected chi connectivity index (χ0v) is 13.2. The molecule has 0 amide bonds. The van der Waals surface area contributed by atoms with E-state index in [9.17, 15) is 0 Å². The molecule has 4 aromatic rings. The normalized spacial score (nSPS) is 11.2. The van der Waals surface area contributed by atoms with Gasteiger partial charge in [-0.15, -0.1) is 0 Å². The Bertz CT molecular complexity index is 985. The van der Waals surface area contributed by atoms with E-state index in [1.54, 1.807) is 10.8 Å². The topological polar surface area (TPSA) is 58.9 Å². The maximum absolute atomic E-state index is 6.14. The summed E-state index contributed by atoms with van der Waals surface area (Å²) in [6, 6.07) is 11.7. The predicted molar refractivity (Wildman–Crippen MR) is 90.4 cm³/mol. The van der Waals surface area contributed by atoms with Crippen LogP contribution >= 0.6 is 11.6 Å². The van der Waals surface area contributed by atoms with Crippen LogP contribution in [0.4, 0.5) is 0 Å². The van der Waals surface area contributed by atoms with E-state index >= 15 is 0 Å². The Balaban J connectivity index is 1.91. The number of aromatic nitrogens is 5. The summed E-state index contributed by atoms with van der Waals surface area (Å²) in [6.45, 7) is 2.07. The van der Waals surface area contributed by atoms with Crippen molar-refractivity contribution >= 4 is 17.2 Å². The fourth-order valence-electron chi connectivity index (χ4n) is 2.61. The van der Waals surface area contributed by atoms with E-state index in [1.807, 2.05) is 42.6 Å². The van der Waals surface area contributed by atoms with Crippen molar-refractivity contribution in [1.29, 1.82) is 0 Å². The first-order chi connectivity index (χ1) is 11.2. The molecule has 4 rings (SSSR count). The second kappa shape index (κ2) is 5.52. The van der Waals surface area contributed by atoms with Gasteiger partial charge in [-0.2, -0.15) is 5.10 Å². The molecule has 5 nitrogen and oxygen atoms in total. The van der Waals surface area contributed by atoms with Crippen molar-refractivity contribution in [3.63, 3.8) is 0 Å². The number of benzene rings is 1. The summed E-state index contributed by atoms with van der Waals surface area (Å²) >= 11 is 6.14. The quantitative estimate of drug-likeness (QED) is 0.620. The van der Waals surface area contributed by atoms with Crippen LogP contribution in [0.15, 0.2) is 48.9 Å². The molecule has 0 aliphatic rings. The van der Waals surface area contributed by atoms with Gasteiger partial charge in [-0.25, -0.2) is 14.5 Å². The Morgan fingerprint density at radius 3 is 2.91 bits per heavy atom. The molecule has 0 spiro atoms. The number of nitrogens with one attached hydrogen (secondary N) is 1. The summed E-state index contributed by atoms with van der Waals surface area (Å²) in [5.74, 6) is 0.939. The number of imidazole rings is 1. The van der Waals surface area contributed by atoms with Crippen molar-refractivity contribution in [2.75, 3.05) is 0 Å². The van der Waals surface area contributed by atoms with Gasteiger partial charge >= 0.3 is 0 Å². The minimum atomic E-state index is 0.702. The zero-order chi connectivity index (χ0) is 15.8. The Morgan fingerprint density at radius 2 is 2.09 bits per heavy atom. The minimum absolute atomic E-state index is 0.702. The van der Waals surface area contributed by atoms with Crippen molar-refractivity contribution in [1.82, 2.24) is 24.6 Å². The van der Waals surface area contributed by atoms with Gasteiger partial charge in [-0.05, 0) is 24.3 Å². The monoisotopic (exact) mass is 323 g/mol. The van der Waals surface area contributed by atoms with Gasteiger partial charge in [-0.3, -0.25) is 0 Å². The zero-order valence-electron chi connectivity index (χ0n) is 12.5. The van der Waals surface area contributed by atoms with Gasteiger partial charge in [-0.1, -0.05) is 30.7 Å². The Labute approximate surface area is 138 Å². The summed E-state index contributed by atoms with van der Waals surface area (Å²) < 4.78 is 1.75. The Hall–Kier alpha value is -2.66. The molecule has 0 fully saturated rings. The molecule has 23 heavy (non-hydrogen) atoms. The predicted octanol–water partition coefficient (Wildman–Crippen LogP) is 4.00. The average molecular weight is 324 g/mol. The standard InChI is InChI=1S/C17H14ClN5/c1-2-14-21-16(11-4-3-5-13(18)8-11)17(22-14)12-6-7-15-19-10-20-23(15)9-12/h3-10H,2H2,1H3,(H,21,22). The molecule has 0 atom stereocenters. The molecule has 3 heterocycles. The molecule has 0 saturated carbocycles. The van der Waals surface area contributed by atoms with E-state index in [-0.39, 0.29) is 0 Å². The molecule has 0 aliphatic heterocycles. The lowest BCUT2D eigenvalue weighted by Crippen LogP contribution is -1.90. The van der Waals surface area contributed by atoms with Crippen molar-refractivity contribution < 1.29 is 0 Å². The number of nitrogens with zero attached hydrogens (tertiary/aromatic N) is 4. The van der Waals surface area contributed by atoms with E-state index in [4.69, 9.17) is 16.6 Å². The molecule has 0 saturated heterocycles. The van der Waals surface area contributed by atoms with Crippen LogP contribution in [0.2, 0.25) is 5.02 Å². The third-order valence-corrected chi connectivity index (χ3v) is 3.98. The van der Waals surface area contributed by atoms with Crippen LogP contribution in [-0.4, -0.2) is 24.6 Å². The molecule has 1 N–H and O–H groups in total. The number of fused-ring (bicyclic) bond motifs is 1. The lowest BCUT2D eigenvalue weighted by Gasteiger charge is -2.04. The molecule has 1 aromatic carbocycles. The molecular weight excluding hydrogens is 310 g/mol. The number of rotatable bonds is 3. The number of aryl methyl sites for hydroxylation is 1. The maximum Gasteiger partial charge on any atom is 0.155 e. The average Bonchev–Trinajstić information content (AvgIpc) is 3.20. The number of aromatic amines is 1. The van der Waals surface area contributed by atoms with Gasteiger partial charge in [0.15, 0.2) is 5.65 Å². The van der Waals surface area contributed by atoms with Crippen molar-refractivity contribution in [3.05, 3.63) is 59.8 Å². The Kier molecular flexibility index (Phi) is 3.35. The summed E-state index contributed by atoms with van der Waals surface area (Å²) in [5, 5.41) is 4.90. The summed E-state index contributed by atoms with van der Waals surface area (Å²) in [6.07, 6.45) is 4.31. The first-order valence-corrected chi connectivity index (χ1v) is 7.77. The van der Waals surface area contributed by atoms with E-state index < -0.39 is 0 Å². The minimum Gasteiger partial charge on any atom is -0.341 e. The van der Waals surface area contributed by atoms with Gasteiger partial charge in [0.25, 0.3) is 0 Å². The third-order valence-electron chi connectivity index (χ3n) is 3.75. The molecule has 3 aromatic heterocycles. The van der Waals surface area contributed by atoms with Crippen LogP contribution in [-0.2, 0) is 6.42 Å². The summed E-state index contributed by atoms with van der Waals surface area (Å²) in [5.41, 5.74) is 4.65. The highest BCUT2D eigenvalue weighted by atomic mass is 35.5. The first kappa shape index (κ1) is 14.0. The lowest BCUT2D eigenvalue weighted by atomic mass is 10.1. The molecule has 0 unspecified atom stereocenters. The van der Waals surface area contributed by atoms with E-state index in [1.165, 1.54) is 0 Å². The highest BCUT2D eigenvalue weighted by Crippen LogP contribution is 2.31. The van der Waals surface area contributed by atoms with Crippen LogP contribution < -0.4 is 0 Å². The third kappa shape index (κ3) is 2.49. The van der Waals surface area contributed by atoms with Crippen LogP contribution in [0, 0.1) is 0 Å². The van der Waals surface area contributed by atoms with E-state index in [2.05, 4.69) is 22.0 Å². The van der Waals surface area contributed by atoms with Gasteiger partial charge in [0, 0.05) is 28.8 Å². The number of H-pyrrole nitrogens is 1. The SMILES string of the molecule is CCc1nc(-c2ccc3ncnn3c2)c(-c2cccc(Cl)c2)[nH]1. The molecular formula is C17H14ClN5. The number of hydrogen-bond donors (Lipinski definition) is 1. The van der Waals surface area contributed by atoms with Gasteiger partial charge in [0.2, 0.25) is 0 Å². The van der Waals surface area contributed by atoms with Crippen LogP contribution in [0.5, 0.6) is 0 Å². The summed E-state index contributed by atoms with van der Waals surface area (Å²) in [7, 11) is 0. The summed E-state index contributed by atoms with van der Waals surface area (Å²) in [4.78, 5) is 12.3. The second-order valence-electron chi connectivity index (χ2n) is 5.25. The fraction of sp³-hybridized carbons (Fsp3) is 0.118. The van der Waals surface area contributed by atoms with Crippen molar-refractivity contribution in [2.24, 2.45) is 0 Å². The number of pyridine rings is 1. The molecule has 6 heteroatoms. The highest BCUT2D eigenvalue weighted by molar-refractivity contribution is 6.30. The Morgan fingerprint density at radius 1 is 1.17 bits per heavy atom. The van der Waals surface area contributed by atoms with Crippen molar-refractivity contribution in [2.45, 2.75) is 13.3 Å². The van der Waals surface area contributed by atoms with Gasteiger partial charge in [0.05, 0.1) is 11.4 Å². The largest absolute Gasteiger partial charge is 0.341 e. The van der Waals surface area contributed by atoms with Crippen LogP contribution in [0.3, 0.4) is 0 Å². The van der Waals surface area contributed by atoms with Crippen molar-refractivity contribution in [3.8, 4) is 22.5 Å². The smallest absolute Gasteiger partial charge is 0.155 e. The molecule has 0 radical (unpaired) electrons. The molecule has 0 aliphatic carbocycles. The van der Waals surface area contributed by atoms with Gasteiger partial charge < -0.3 is 4.98 Å². The number of hydrogen-bond acceptors (Lipinski definition) is 3. The first-order valence-electron chi connectivity index (χ1n) is 7.39. The molecule has 0 bridgehead atoms.